The van der Waals surface area contributed by atoms with Crippen LogP contribution in [0.2, 0.25) is 0 Å². The fourth-order valence-electron chi connectivity index (χ4n) is 1.29. The van der Waals surface area contributed by atoms with E-state index in [9.17, 15) is 9.90 Å². The highest BCUT2D eigenvalue weighted by molar-refractivity contribution is 5.71. The number of hydroxylamine groups is 1. The third-order valence-corrected chi connectivity index (χ3v) is 2.34. The Labute approximate surface area is 108 Å². The van der Waals surface area contributed by atoms with E-state index in [0.717, 1.165) is 0 Å². The van der Waals surface area contributed by atoms with Crippen molar-refractivity contribution in [3.63, 3.8) is 0 Å². The maximum absolute atomic E-state index is 10.9. The first kappa shape index (κ1) is 13.5. The summed E-state index contributed by atoms with van der Waals surface area (Å²) in [5.41, 5.74) is 8.43. The maximum atomic E-state index is 10.9. The molecule has 0 spiro atoms. The third-order valence-electron chi connectivity index (χ3n) is 2.34. The summed E-state index contributed by atoms with van der Waals surface area (Å²) < 4.78 is 0. The molecule has 0 aliphatic carbocycles. The van der Waals surface area contributed by atoms with Gasteiger partial charge in [-0.05, 0) is 6.08 Å². The van der Waals surface area contributed by atoms with Crippen LogP contribution < -0.4 is 16.3 Å². The van der Waals surface area contributed by atoms with Gasteiger partial charge in [0.25, 0.3) is 5.91 Å². The molecule has 4 N–H and O–H groups in total. The molecule has 1 aromatic rings. The summed E-state index contributed by atoms with van der Waals surface area (Å²) in [4.78, 5) is 31.3. The number of carboxylic acid groups (broad SMARTS) is 1. The minimum absolute atomic E-state index is 0.156. The van der Waals surface area contributed by atoms with Gasteiger partial charge in [-0.2, -0.15) is 9.78 Å². The summed E-state index contributed by atoms with van der Waals surface area (Å²) in [6, 6.07) is -1.01. The van der Waals surface area contributed by atoms with Crippen LogP contribution in [0, 0.1) is 0 Å². The fourth-order valence-corrected chi connectivity index (χ4v) is 1.29. The molecular formula is C10H13N4O5-. The monoisotopic (exact) mass is 269 g/mol. The van der Waals surface area contributed by atoms with Crippen molar-refractivity contribution in [2.45, 2.75) is 24.8 Å². The minimum Gasteiger partial charge on any atom is -0.548 e. The Kier molecular flexibility index (Phi) is 4.12. The minimum atomic E-state index is -1.29. The molecular weight excluding hydrogens is 256 g/mol. The molecule has 2 heterocycles. The van der Waals surface area contributed by atoms with Crippen molar-refractivity contribution in [2.75, 3.05) is 0 Å². The summed E-state index contributed by atoms with van der Waals surface area (Å²) in [6.07, 6.45) is 6.20. The molecule has 0 aromatic carbocycles. The van der Waals surface area contributed by atoms with Gasteiger partial charge in [0.15, 0.2) is 0 Å². The first-order chi connectivity index (χ1) is 9.09. The van der Waals surface area contributed by atoms with E-state index in [1.165, 1.54) is 24.9 Å². The van der Waals surface area contributed by atoms with Gasteiger partial charge < -0.3 is 19.7 Å². The molecule has 1 aliphatic rings. The highest BCUT2D eigenvalue weighted by atomic mass is 17.4. The van der Waals surface area contributed by atoms with Crippen LogP contribution >= 0.6 is 0 Å². The Morgan fingerprint density at radius 3 is 3.11 bits per heavy atom. The van der Waals surface area contributed by atoms with E-state index in [-0.39, 0.29) is 12.8 Å². The Bertz CT molecular complexity index is 443. The van der Waals surface area contributed by atoms with Crippen LogP contribution in [0.15, 0.2) is 24.9 Å². The largest absolute Gasteiger partial charge is 0.548 e. The predicted octanol–water partition coefficient (Wildman–Crippen LogP) is -1.93. The number of carbonyl (C=O) groups excluding carboxylic acids is 1. The zero-order chi connectivity index (χ0) is 13.7. The number of imidazole rings is 1. The second-order valence-corrected chi connectivity index (χ2v) is 3.94. The van der Waals surface area contributed by atoms with Crippen LogP contribution in [0.1, 0.15) is 12.1 Å². The predicted molar refractivity (Wildman–Crippen MR) is 58.2 cm³/mol. The van der Waals surface area contributed by atoms with Crippen molar-refractivity contribution in [2.24, 2.45) is 5.73 Å². The lowest BCUT2D eigenvalue weighted by atomic mass is 10.2. The quantitative estimate of drug-likeness (QED) is 0.214. The van der Waals surface area contributed by atoms with Gasteiger partial charge in [0, 0.05) is 24.7 Å². The SMILES string of the molecule is NC1(C/C=C/ONC(Cc2cnc[nH]2)C(=O)[O-])OO1. The van der Waals surface area contributed by atoms with Crippen LogP contribution in [0.5, 0.6) is 0 Å². The van der Waals surface area contributed by atoms with Gasteiger partial charge in [0.05, 0.1) is 18.3 Å². The molecule has 1 unspecified atom stereocenters. The molecule has 0 amide bonds. The highest BCUT2D eigenvalue weighted by Crippen LogP contribution is 2.26. The van der Waals surface area contributed by atoms with Crippen molar-refractivity contribution < 1.29 is 24.5 Å². The van der Waals surface area contributed by atoms with Crippen molar-refractivity contribution in [3.05, 3.63) is 30.6 Å². The van der Waals surface area contributed by atoms with Crippen LogP contribution in [0.25, 0.3) is 0 Å². The summed E-state index contributed by atoms with van der Waals surface area (Å²) in [6.45, 7) is 0. The average Bonchev–Trinajstić information content (AvgIpc) is 2.90. The molecule has 0 bridgehead atoms. The van der Waals surface area contributed by atoms with Crippen LogP contribution in [-0.4, -0.2) is 27.9 Å². The lowest BCUT2D eigenvalue weighted by molar-refractivity contribution is -0.310. The molecule has 0 radical (unpaired) electrons. The molecule has 1 fully saturated rings. The number of carbonyl (C=O) groups is 1. The number of nitrogens with one attached hydrogen (secondary N) is 2. The van der Waals surface area contributed by atoms with E-state index >= 15 is 0 Å². The van der Waals surface area contributed by atoms with E-state index in [2.05, 4.69) is 25.2 Å². The van der Waals surface area contributed by atoms with Crippen molar-refractivity contribution in [1.82, 2.24) is 15.4 Å². The first-order valence-electron chi connectivity index (χ1n) is 5.49. The van der Waals surface area contributed by atoms with E-state index in [4.69, 9.17) is 10.6 Å². The van der Waals surface area contributed by atoms with Gasteiger partial charge in [-0.15, -0.1) is 5.48 Å². The molecule has 9 heteroatoms. The molecule has 1 aromatic heterocycles. The van der Waals surface area contributed by atoms with E-state index < -0.39 is 17.9 Å². The van der Waals surface area contributed by atoms with Gasteiger partial charge in [0.1, 0.15) is 6.26 Å². The highest BCUT2D eigenvalue weighted by Gasteiger charge is 2.43. The number of aromatic nitrogens is 2. The standard InChI is InChI=1S/C10H14N4O5/c11-10(18-19-10)2-1-3-17-14-8(9(15)16)4-7-5-12-6-13-7/h1,3,5-6,8,14H,2,4,11H2,(H,12,13)(H,15,16)/p-1/b3-1+. The van der Waals surface area contributed by atoms with Gasteiger partial charge in [-0.25, -0.2) is 4.98 Å². The van der Waals surface area contributed by atoms with Gasteiger partial charge >= 0.3 is 0 Å². The molecule has 1 saturated heterocycles. The van der Waals surface area contributed by atoms with Crippen molar-refractivity contribution in [1.29, 1.82) is 0 Å². The number of rotatable bonds is 8. The van der Waals surface area contributed by atoms with Gasteiger partial charge in [-0.1, -0.05) is 0 Å². The number of H-pyrrole nitrogens is 1. The number of nitrogens with zero attached hydrogens (tertiary/aromatic N) is 1. The number of aromatic amines is 1. The Hall–Kier alpha value is -1.94. The van der Waals surface area contributed by atoms with Crippen LogP contribution in [0.4, 0.5) is 0 Å². The zero-order valence-corrected chi connectivity index (χ0v) is 9.87. The number of hydrogen-bond acceptors (Lipinski definition) is 8. The van der Waals surface area contributed by atoms with Crippen LogP contribution in [0.3, 0.4) is 0 Å². The van der Waals surface area contributed by atoms with E-state index in [1.807, 2.05) is 0 Å². The summed E-state index contributed by atoms with van der Waals surface area (Å²) in [5, 5.41) is 10.9. The fraction of sp³-hybridized carbons (Fsp3) is 0.400. The second-order valence-electron chi connectivity index (χ2n) is 3.94. The second kappa shape index (κ2) is 5.80. The first-order valence-corrected chi connectivity index (χ1v) is 5.49. The average molecular weight is 269 g/mol. The maximum Gasteiger partial charge on any atom is 0.288 e. The lowest BCUT2D eigenvalue weighted by Gasteiger charge is -2.17. The number of carboxylic acids is 1. The van der Waals surface area contributed by atoms with E-state index in [0.29, 0.717) is 5.69 Å². The molecule has 0 saturated carbocycles. The smallest absolute Gasteiger partial charge is 0.288 e. The van der Waals surface area contributed by atoms with E-state index in [1.54, 1.807) is 0 Å². The molecule has 9 nitrogen and oxygen atoms in total. The molecule has 1 aliphatic heterocycles. The Morgan fingerprint density at radius 1 is 1.74 bits per heavy atom. The normalized spacial score (nSPS) is 18.4. The molecule has 1 atom stereocenters. The summed E-state index contributed by atoms with van der Waals surface area (Å²) in [7, 11) is 0. The van der Waals surface area contributed by atoms with Gasteiger partial charge in [-0.3, -0.25) is 5.73 Å². The number of hydrogen-bond donors (Lipinski definition) is 3. The van der Waals surface area contributed by atoms with Crippen molar-refractivity contribution >= 4 is 5.97 Å². The Morgan fingerprint density at radius 2 is 2.53 bits per heavy atom. The van der Waals surface area contributed by atoms with Crippen LogP contribution in [-0.2, 0) is 25.8 Å². The summed E-state index contributed by atoms with van der Waals surface area (Å²) in [5.74, 6) is -2.36. The molecule has 2 rings (SSSR count). The number of aliphatic carboxylic acids is 1. The topological polar surface area (TPSA) is 141 Å². The zero-order valence-electron chi connectivity index (χ0n) is 9.87. The molecule has 104 valence electrons. The van der Waals surface area contributed by atoms with Crippen molar-refractivity contribution in [3.8, 4) is 0 Å². The summed E-state index contributed by atoms with van der Waals surface area (Å²) >= 11 is 0. The molecule has 19 heavy (non-hydrogen) atoms. The number of nitrogens with two attached hydrogens (primary N) is 1. The van der Waals surface area contributed by atoms with Gasteiger partial charge in [0.2, 0.25) is 0 Å². The third kappa shape index (κ3) is 4.34. The Balaban J connectivity index is 1.72. The lowest BCUT2D eigenvalue weighted by Crippen LogP contribution is -2.46.